The van der Waals surface area contributed by atoms with E-state index in [1.807, 2.05) is 6.92 Å². The molecule has 7 nitrogen and oxygen atoms in total. The molecule has 1 aromatic carbocycles. The van der Waals surface area contributed by atoms with Crippen LogP contribution >= 0.6 is 0 Å². The molecular weight excluding hydrogens is 388 g/mol. The van der Waals surface area contributed by atoms with Crippen molar-refractivity contribution in [1.29, 1.82) is 0 Å². The van der Waals surface area contributed by atoms with Gasteiger partial charge < -0.3 is 18.6 Å². The van der Waals surface area contributed by atoms with E-state index >= 15 is 0 Å². The van der Waals surface area contributed by atoms with Crippen LogP contribution in [0.25, 0.3) is 11.0 Å². The molecule has 0 amide bonds. The van der Waals surface area contributed by atoms with E-state index in [-0.39, 0.29) is 11.5 Å². The van der Waals surface area contributed by atoms with E-state index < -0.39 is 41.3 Å². The molecule has 0 radical (unpaired) electrons. The zero-order valence-electron chi connectivity index (χ0n) is 18.2. The molecule has 1 aliphatic heterocycles. The second-order valence-electron chi connectivity index (χ2n) is 8.53. The topological polar surface area (TPSA) is 92.0 Å². The van der Waals surface area contributed by atoms with Gasteiger partial charge in [0.2, 0.25) is 0 Å². The van der Waals surface area contributed by atoms with Gasteiger partial charge in [-0.25, -0.2) is 4.79 Å². The van der Waals surface area contributed by atoms with Gasteiger partial charge >= 0.3 is 17.6 Å². The minimum Gasteiger partial charge on any atom is -0.483 e. The van der Waals surface area contributed by atoms with Crippen molar-refractivity contribution in [3.05, 3.63) is 40.2 Å². The summed E-state index contributed by atoms with van der Waals surface area (Å²) in [5.74, 6) is -1.17. The highest BCUT2D eigenvalue weighted by molar-refractivity contribution is 5.84. The van der Waals surface area contributed by atoms with E-state index in [2.05, 4.69) is 0 Å². The Bertz CT molecular complexity index is 1020. The molecule has 0 saturated carbocycles. The fourth-order valence-electron chi connectivity index (χ4n) is 3.35. The molecule has 3 atom stereocenters. The Hall–Kier alpha value is -2.83. The van der Waals surface area contributed by atoms with Crippen LogP contribution in [0.5, 0.6) is 5.75 Å². The van der Waals surface area contributed by atoms with Gasteiger partial charge in [0.15, 0.2) is 12.2 Å². The maximum absolute atomic E-state index is 12.6. The first-order chi connectivity index (χ1) is 14.0. The molecule has 30 heavy (non-hydrogen) atoms. The quantitative estimate of drug-likeness (QED) is 0.534. The van der Waals surface area contributed by atoms with Crippen molar-refractivity contribution < 1.29 is 28.2 Å². The summed E-state index contributed by atoms with van der Waals surface area (Å²) >= 11 is 0. The third-order valence-electron chi connectivity index (χ3n) is 5.38. The van der Waals surface area contributed by atoms with Crippen LogP contribution in [0.2, 0.25) is 0 Å². The van der Waals surface area contributed by atoms with Crippen LogP contribution in [0.4, 0.5) is 0 Å². The Kier molecular flexibility index (Phi) is 5.92. The average molecular weight is 416 g/mol. The molecule has 0 spiro atoms. The molecule has 7 heteroatoms. The first-order valence-corrected chi connectivity index (χ1v) is 10.2. The number of carbonyl (C=O) groups excluding carboxylic acids is 2. The zero-order chi connectivity index (χ0) is 22.2. The van der Waals surface area contributed by atoms with Crippen LogP contribution in [-0.2, 0) is 19.1 Å². The van der Waals surface area contributed by atoms with Crippen LogP contribution in [0, 0.1) is 11.8 Å². The average Bonchev–Trinajstić information content (AvgIpc) is 2.68. The summed E-state index contributed by atoms with van der Waals surface area (Å²) in [5, 5.41) is 0.647. The lowest BCUT2D eigenvalue weighted by atomic mass is 9.87. The van der Waals surface area contributed by atoms with E-state index in [1.165, 1.54) is 6.07 Å². The normalized spacial score (nSPS) is 20.9. The molecule has 0 fully saturated rings. The molecule has 0 aliphatic carbocycles. The minimum absolute atomic E-state index is 0.252. The second-order valence-corrected chi connectivity index (χ2v) is 8.53. The van der Waals surface area contributed by atoms with Gasteiger partial charge in [0, 0.05) is 11.5 Å². The zero-order valence-corrected chi connectivity index (χ0v) is 18.2. The van der Waals surface area contributed by atoms with Crippen molar-refractivity contribution in [3.8, 4) is 5.75 Å². The molecule has 3 unspecified atom stereocenters. The third-order valence-corrected chi connectivity index (χ3v) is 5.38. The predicted octanol–water partition coefficient (Wildman–Crippen LogP) is 4.16. The van der Waals surface area contributed by atoms with E-state index in [0.717, 1.165) is 0 Å². The second kappa shape index (κ2) is 8.13. The summed E-state index contributed by atoms with van der Waals surface area (Å²) in [6.45, 7) is 10.6. The predicted molar refractivity (Wildman–Crippen MR) is 110 cm³/mol. The van der Waals surface area contributed by atoms with Crippen molar-refractivity contribution in [2.45, 2.75) is 65.8 Å². The third kappa shape index (κ3) is 4.06. The number of fused-ring (bicyclic) bond motifs is 3. The summed E-state index contributed by atoms with van der Waals surface area (Å²) in [6.07, 6.45) is -1.30. The van der Waals surface area contributed by atoms with Gasteiger partial charge in [-0.1, -0.05) is 27.7 Å². The Morgan fingerprint density at radius 1 is 1.07 bits per heavy atom. The van der Waals surface area contributed by atoms with Crippen LogP contribution in [0.1, 0.15) is 59.6 Å². The maximum atomic E-state index is 12.6. The maximum Gasteiger partial charge on any atom is 0.336 e. The largest absolute Gasteiger partial charge is 0.483 e. The van der Waals surface area contributed by atoms with Gasteiger partial charge in [-0.05, 0) is 38.5 Å². The number of benzene rings is 1. The smallest absolute Gasteiger partial charge is 0.336 e. The van der Waals surface area contributed by atoms with E-state index in [9.17, 15) is 14.4 Å². The minimum atomic E-state index is -0.985. The summed E-state index contributed by atoms with van der Waals surface area (Å²) in [4.78, 5) is 37.1. The van der Waals surface area contributed by atoms with Crippen molar-refractivity contribution >= 4 is 22.9 Å². The Morgan fingerprint density at radius 3 is 2.37 bits per heavy atom. The molecule has 0 N–H and O–H groups in total. The van der Waals surface area contributed by atoms with Gasteiger partial charge in [0.25, 0.3) is 0 Å². The highest BCUT2D eigenvalue weighted by Crippen LogP contribution is 2.46. The highest BCUT2D eigenvalue weighted by atomic mass is 16.6. The number of carbonyl (C=O) groups is 2. The van der Waals surface area contributed by atoms with Gasteiger partial charge in [0.05, 0.1) is 17.4 Å². The standard InChI is InChI=1S/C23H28O7/c1-7-13(4)22(26)29-20-19(28-21(25)12(2)3)17-15(30-23(20,5)6)10-8-14-9-11-16(24)27-18(14)17/h8-13,19-20H,7H2,1-6H3. The number of hydrogen-bond acceptors (Lipinski definition) is 7. The first kappa shape index (κ1) is 21.9. The Labute approximate surface area is 175 Å². The van der Waals surface area contributed by atoms with Crippen molar-refractivity contribution in [2.75, 3.05) is 0 Å². The molecule has 3 rings (SSSR count). The number of esters is 2. The monoisotopic (exact) mass is 416 g/mol. The van der Waals surface area contributed by atoms with E-state index in [4.69, 9.17) is 18.6 Å². The molecule has 0 saturated heterocycles. The molecule has 162 valence electrons. The van der Waals surface area contributed by atoms with Gasteiger partial charge in [-0.3, -0.25) is 9.59 Å². The van der Waals surface area contributed by atoms with Crippen LogP contribution < -0.4 is 10.4 Å². The lowest BCUT2D eigenvalue weighted by Crippen LogP contribution is -2.52. The lowest BCUT2D eigenvalue weighted by molar-refractivity contribution is -0.194. The van der Waals surface area contributed by atoms with Gasteiger partial charge in [0.1, 0.15) is 16.9 Å². The van der Waals surface area contributed by atoms with Gasteiger partial charge in [-0.2, -0.15) is 0 Å². The Balaban J connectivity index is 2.19. The number of hydrogen-bond donors (Lipinski definition) is 0. The number of rotatable bonds is 5. The summed E-state index contributed by atoms with van der Waals surface area (Å²) in [7, 11) is 0. The van der Waals surface area contributed by atoms with Crippen LogP contribution in [-0.4, -0.2) is 23.6 Å². The van der Waals surface area contributed by atoms with E-state index in [1.54, 1.807) is 52.8 Å². The molecule has 0 bridgehead atoms. The van der Waals surface area contributed by atoms with Crippen molar-refractivity contribution in [2.24, 2.45) is 11.8 Å². The molecule has 1 aromatic heterocycles. The Morgan fingerprint density at radius 2 is 1.73 bits per heavy atom. The van der Waals surface area contributed by atoms with Crippen LogP contribution in [0.15, 0.2) is 33.5 Å². The van der Waals surface area contributed by atoms with Crippen molar-refractivity contribution in [1.82, 2.24) is 0 Å². The molecule has 2 aromatic rings. The van der Waals surface area contributed by atoms with Crippen LogP contribution in [0.3, 0.4) is 0 Å². The summed E-state index contributed by atoms with van der Waals surface area (Å²) < 4.78 is 23.3. The summed E-state index contributed by atoms with van der Waals surface area (Å²) in [5.41, 5.74) is -0.884. The van der Waals surface area contributed by atoms with E-state index in [0.29, 0.717) is 23.1 Å². The molecule has 1 aliphatic rings. The molecular formula is C23H28O7. The lowest BCUT2D eigenvalue weighted by Gasteiger charge is -2.43. The van der Waals surface area contributed by atoms with Crippen molar-refractivity contribution in [3.63, 3.8) is 0 Å². The number of ether oxygens (including phenoxy) is 3. The summed E-state index contributed by atoms with van der Waals surface area (Å²) in [6, 6.07) is 6.45. The highest BCUT2D eigenvalue weighted by Gasteiger charge is 2.50. The van der Waals surface area contributed by atoms with Gasteiger partial charge in [-0.15, -0.1) is 0 Å². The SMILES string of the molecule is CCC(C)C(=O)OC1C(OC(=O)C(C)C)c2c(ccc3ccc(=O)oc23)OC1(C)C. The fourth-order valence-corrected chi connectivity index (χ4v) is 3.35. The first-order valence-electron chi connectivity index (χ1n) is 10.2. The fraction of sp³-hybridized carbons (Fsp3) is 0.522. The molecule has 2 heterocycles.